The third kappa shape index (κ3) is 7.16. The number of guanidine groups is 1. The first-order chi connectivity index (χ1) is 13.5. The molecule has 1 aliphatic rings. The summed E-state index contributed by atoms with van der Waals surface area (Å²) in [5.41, 5.74) is 2.13. The molecule has 1 aromatic carbocycles. The minimum Gasteiger partial charge on any atom is -0.354 e. The molecule has 6 nitrogen and oxygen atoms in total. The van der Waals surface area contributed by atoms with Crippen LogP contribution in [0.2, 0.25) is 10.0 Å². The summed E-state index contributed by atoms with van der Waals surface area (Å²) < 4.78 is 0. The molecule has 0 bridgehead atoms. The van der Waals surface area contributed by atoms with E-state index in [0.29, 0.717) is 29.1 Å². The lowest BCUT2D eigenvalue weighted by molar-refractivity contribution is 0.312. The smallest absolute Gasteiger partial charge is 0.191 e. The Morgan fingerprint density at radius 3 is 2.48 bits per heavy atom. The second-order valence-corrected chi connectivity index (χ2v) is 7.67. The van der Waals surface area contributed by atoms with Gasteiger partial charge in [-0.2, -0.15) is 0 Å². The number of hydrogen-bond acceptors (Lipinski definition) is 4. The van der Waals surface area contributed by atoms with Crippen LogP contribution in [0.25, 0.3) is 0 Å². The Bertz CT molecular complexity index is 824. The minimum absolute atomic E-state index is 0. The van der Waals surface area contributed by atoms with Crippen molar-refractivity contribution < 1.29 is 0 Å². The van der Waals surface area contributed by atoms with Crippen LogP contribution in [0.1, 0.15) is 11.1 Å². The molecule has 0 unspecified atom stereocenters. The van der Waals surface area contributed by atoms with E-state index >= 15 is 0 Å². The monoisotopic (exact) mass is 548 g/mol. The predicted octanol–water partition coefficient (Wildman–Crippen LogP) is 3.62. The van der Waals surface area contributed by atoms with Crippen LogP contribution in [0.3, 0.4) is 0 Å². The van der Waals surface area contributed by atoms with Crippen molar-refractivity contribution in [2.75, 3.05) is 45.2 Å². The van der Waals surface area contributed by atoms with Crippen molar-refractivity contribution in [1.29, 1.82) is 0 Å². The summed E-state index contributed by atoms with van der Waals surface area (Å²) in [5.74, 6) is 1.74. The van der Waals surface area contributed by atoms with Crippen LogP contribution in [0.15, 0.2) is 41.5 Å². The van der Waals surface area contributed by atoms with Gasteiger partial charge in [-0.1, -0.05) is 29.3 Å². The van der Waals surface area contributed by atoms with Gasteiger partial charge in [0.2, 0.25) is 0 Å². The number of aromatic nitrogens is 1. The van der Waals surface area contributed by atoms with Gasteiger partial charge in [0.05, 0.1) is 0 Å². The molecule has 0 amide bonds. The van der Waals surface area contributed by atoms with E-state index in [1.165, 1.54) is 0 Å². The molecule has 0 aliphatic carbocycles. The maximum atomic E-state index is 6.23. The lowest BCUT2D eigenvalue weighted by Gasteiger charge is -2.33. The molecule has 1 saturated heterocycles. The van der Waals surface area contributed by atoms with Crippen LogP contribution in [-0.2, 0) is 13.1 Å². The lowest BCUT2D eigenvalue weighted by Crippen LogP contribution is -2.44. The Hall–Kier alpha value is -1.29. The summed E-state index contributed by atoms with van der Waals surface area (Å²) >= 11 is 12.2. The summed E-state index contributed by atoms with van der Waals surface area (Å²) in [7, 11) is 3.90. The van der Waals surface area contributed by atoms with Crippen LogP contribution in [0.5, 0.6) is 0 Å². The number of likely N-dealkylation sites (N-methyl/N-ethyl adjacent to an activating group) is 1. The predicted molar refractivity (Wildman–Crippen MR) is 133 cm³/mol. The first kappa shape index (κ1) is 24.0. The molecular weight excluding hydrogens is 522 g/mol. The second kappa shape index (κ2) is 11.8. The molecule has 2 heterocycles. The normalized spacial score (nSPS) is 15.0. The molecule has 0 radical (unpaired) electrons. The largest absolute Gasteiger partial charge is 0.354 e. The van der Waals surface area contributed by atoms with Gasteiger partial charge < -0.3 is 20.4 Å². The number of benzene rings is 1. The third-order valence-electron chi connectivity index (χ3n) is 4.78. The highest BCUT2D eigenvalue weighted by Crippen LogP contribution is 2.20. The van der Waals surface area contributed by atoms with Crippen molar-refractivity contribution in [3.05, 3.63) is 57.7 Å². The lowest BCUT2D eigenvalue weighted by atomic mass is 10.2. The standard InChI is InChI=1S/C20H26Cl2N6.HI/c1-23-20(26-14-16-3-4-17(21)12-18(16)22)25-13-15-5-6-24-19(11-15)28-9-7-27(2)8-10-28;/h3-6,11-12H,7-10,13-14H2,1-2H3,(H2,23,25,26);1H. The highest BCUT2D eigenvalue weighted by Gasteiger charge is 2.15. The Labute approximate surface area is 199 Å². The van der Waals surface area contributed by atoms with Crippen LogP contribution in [-0.4, -0.2) is 56.1 Å². The molecule has 3 rings (SSSR count). The molecule has 2 aromatic rings. The van der Waals surface area contributed by atoms with E-state index in [-0.39, 0.29) is 24.0 Å². The quantitative estimate of drug-likeness (QED) is 0.339. The van der Waals surface area contributed by atoms with Crippen molar-refractivity contribution in [2.45, 2.75) is 13.1 Å². The van der Waals surface area contributed by atoms with Gasteiger partial charge in [0, 0.05) is 62.6 Å². The van der Waals surface area contributed by atoms with Gasteiger partial charge in [-0.3, -0.25) is 4.99 Å². The summed E-state index contributed by atoms with van der Waals surface area (Å²) in [4.78, 5) is 13.5. The van der Waals surface area contributed by atoms with Crippen molar-refractivity contribution in [3.63, 3.8) is 0 Å². The van der Waals surface area contributed by atoms with E-state index in [1.807, 2.05) is 24.4 Å². The second-order valence-electron chi connectivity index (χ2n) is 6.83. The van der Waals surface area contributed by atoms with E-state index in [1.54, 1.807) is 13.1 Å². The molecule has 29 heavy (non-hydrogen) atoms. The Morgan fingerprint density at radius 2 is 1.79 bits per heavy atom. The number of halogens is 3. The van der Waals surface area contributed by atoms with Crippen LogP contribution < -0.4 is 15.5 Å². The molecular formula is C20H27Cl2IN6. The molecule has 2 N–H and O–H groups in total. The van der Waals surface area contributed by atoms with Crippen molar-refractivity contribution in [3.8, 4) is 0 Å². The first-order valence-electron chi connectivity index (χ1n) is 9.32. The number of pyridine rings is 1. The Kier molecular flexibility index (Phi) is 9.74. The highest BCUT2D eigenvalue weighted by molar-refractivity contribution is 14.0. The van der Waals surface area contributed by atoms with Gasteiger partial charge in [0.15, 0.2) is 5.96 Å². The Morgan fingerprint density at radius 1 is 1.07 bits per heavy atom. The van der Waals surface area contributed by atoms with Gasteiger partial charge >= 0.3 is 0 Å². The van der Waals surface area contributed by atoms with E-state index < -0.39 is 0 Å². The van der Waals surface area contributed by atoms with E-state index in [9.17, 15) is 0 Å². The van der Waals surface area contributed by atoms with Gasteiger partial charge in [-0.25, -0.2) is 4.98 Å². The Balaban J connectivity index is 0.00000300. The molecule has 0 saturated carbocycles. The first-order valence-corrected chi connectivity index (χ1v) is 10.1. The molecule has 158 valence electrons. The van der Waals surface area contributed by atoms with Crippen LogP contribution in [0, 0.1) is 0 Å². The SMILES string of the molecule is CN=C(NCc1ccnc(N2CCN(C)CC2)c1)NCc1ccc(Cl)cc1Cl.I. The minimum atomic E-state index is 0. The fraction of sp³-hybridized carbons (Fsp3) is 0.400. The van der Waals surface area contributed by atoms with Crippen molar-refractivity contribution in [1.82, 2.24) is 20.5 Å². The van der Waals surface area contributed by atoms with Crippen LogP contribution in [0.4, 0.5) is 5.82 Å². The zero-order chi connectivity index (χ0) is 19.9. The average molecular weight is 549 g/mol. The zero-order valence-corrected chi connectivity index (χ0v) is 20.5. The van der Waals surface area contributed by atoms with Gasteiger partial charge in [-0.15, -0.1) is 24.0 Å². The van der Waals surface area contributed by atoms with Gasteiger partial charge in [-0.05, 0) is 42.4 Å². The van der Waals surface area contributed by atoms with E-state index in [2.05, 4.69) is 43.5 Å². The van der Waals surface area contributed by atoms with Crippen molar-refractivity contribution >= 4 is 59.0 Å². The summed E-state index contributed by atoms with van der Waals surface area (Å²) in [6, 6.07) is 9.65. The van der Waals surface area contributed by atoms with Gasteiger partial charge in [0.1, 0.15) is 5.82 Å². The highest BCUT2D eigenvalue weighted by atomic mass is 127. The number of rotatable bonds is 5. The molecule has 1 aliphatic heterocycles. The summed E-state index contributed by atoms with van der Waals surface area (Å²) in [6.07, 6.45) is 1.87. The number of aliphatic imine (C=N–C) groups is 1. The number of nitrogens with zero attached hydrogens (tertiary/aromatic N) is 4. The van der Waals surface area contributed by atoms with Crippen LogP contribution >= 0.6 is 47.2 Å². The number of hydrogen-bond donors (Lipinski definition) is 2. The number of nitrogens with one attached hydrogen (secondary N) is 2. The fourth-order valence-corrected chi connectivity index (χ4v) is 3.50. The topological polar surface area (TPSA) is 55.8 Å². The molecule has 9 heteroatoms. The van der Waals surface area contributed by atoms with Crippen molar-refractivity contribution in [2.24, 2.45) is 4.99 Å². The molecule has 0 spiro atoms. The molecule has 1 fully saturated rings. The number of piperazine rings is 1. The fourth-order valence-electron chi connectivity index (χ4n) is 3.03. The molecule has 1 aromatic heterocycles. The van der Waals surface area contributed by atoms with Gasteiger partial charge in [0.25, 0.3) is 0 Å². The number of anilines is 1. The summed E-state index contributed by atoms with van der Waals surface area (Å²) in [6.45, 7) is 5.37. The zero-order valence-electron chi connectivity index (χ0n) is 16.7. The maximum Gasteiger partial charge on any atom is 0.191 e. The summed E-state index contributed by atoms with van der Waals surface area (Å²) in [5, 5.41) is 7.89. The van der Waals surface area contributed by atoms with E-state index in [4.69, 9.17) is 23.2 Å². The maximum absolute atomic E-state index is 6.23. The molecule has 0 atom stereocenters. The third-order valence-corrected chi connectivity index (χ3v) is 5.37. The average Bonchev–Trinajstić information content (AvgIpc) is 2.70. The van der Waals surface area contributed by atoms with E-state index in [0.717, 1.165) is 43.1 Å².